The molecule has 3 N–H and O–H groups in total. The van der Waals surface area contributed by atoms with Gasteiger partial charge in [-0.05, 0) is 12.8 Å². The molecule has 0 unspecified atom stereocenters. The van der Waals surface area contributed by atoms with Gasteiger partial charge in [0.05, 0.1) is 7.11 Å². The Bertz CT molecular complexity index is 208. The lowest BCUT2D eigenvalue weighted by atomic mass is 9.68. The summed E-state index contributed by atoms with van der Waals surface area (Å²) in [6.07, 6.45) is 1.46. The molecule has 0 amide bonds. The minimum Gasteiger partial charge on any atom is -0.468 e. The fourth-order valence-electron chi connectivity index (χ4n) is 2.16. The summed E-state index contributed by atoms with van der Waals surface area (Å²) in [4.78, 5) is 11.2. The molecule has 3 fully saturated rings. The van der Waals surface area contributed by atoms with E-state index in [2.05, 4.69) is 10.1 Å². The molecule has 3 aliphatic rings. The largest absolute Gasteiger partial charge is 0.468 e. The number of hydrogen-bond acceptors (Lipinski definition) is 4. The number of hydrogen-bond donors (Lipinski definition) is 2. The van der Waals surface area contributed by atoms with E-state index in [1.807, 2.05) is 0 Å². The van der Waals surface area contributed by atoms with E-state index in [1.54, 1.807) is 0 Å². The number of fused-ring (bicyclic) bond motifs is 1. The minimum absolute atomic E-state index is 0.131. The molecule has 2 bridgehead atoms. The predicted octanol–water partition coefficient (Wildman–Crippen LogP) is -1.01. The molecular formula is C7H12N2O2. The lowest BCUT2D eigenvalue weighted by Crippen LogP contribution is -2.60. The Balaban J connectivity index is 2.13. The standard InChI is InChI=1S/C7H12N2O2/c1-11-5(10)7-2-6(8,3-7)4-9-7/h9H,2-4,8H2,1H3. The molecule has 0 aromatic rings. The Morgan fingerprint density at radius 2 is 2.27 bits per heavy atom. The van der Waals surface area contributed by atoms with Gasteiger partial charge in [-0.1, -0.05) is 0 Å². The fourth-order valence-corrected chi connectivity index (χ4v) is 2.16. The van der Waals surface area contributed by atoms with Crippen molar-refractivity contribution in [1.82, 2.24) is 5.32 Å². The topological polar surface area (TPSA) is 64.3 Å². The second kappa shape index (κ2) is 1.76. The number of ether oxygens (including phenoxy) is 1. The lowest BCUT2D eigenvalue weighted by Gasteiger charge is -2.41. The average molecular weight is 156 g/mol. The predicted molar refractivity (Wildman–Crippen MR) is 38.9 cm³/mol. The van der Waals surface area contributed by atoms with Crippen LogP contribution in [-0.2, 0) is 9.53 Å². The highest BCUT2D eigenvalue weighted by Gasteiger charge is 2.63. The Labute approximate surface area is 65.1 Å². The zero-order valence-corrected chi connectivity index (χ0v) is 6.52. The van der Waals surface area contributed by atoms with Gasteiger partial charge in [0.15, 0.2) is 0 Å². The maximum atomic E-state index is 11.2. The van der Waals surface area contributed by atoms with Gasteiger partial charge in [-0.3, -0.25) is 10.1 Å². The second-order valence-corrected chi connectivity index (χ2v) is 3.64. The van der Waals surface area contributed by atoms with Crippen molar-refractivity contribution in [3.8, 4) is 0 Å². The van der Waals surface area contributed by atoms with Gasteiger partial charge in [-0.2, -0.15) is 0 Å². The van der Waals surface area contributed by atoms with Crippen LogP contribution in [0.25, 0.3) is 0 Å². The number of methoxy groups -OCH3 is 1. The highest BCUT2D eigenvalue weighted by molar-refractivity contribution is 5.84. The van der Waals surface area contributed by atoms with Crippen LogP contribution < -0.4 is 11.1 Å². The van der Waals surface area contributed by atoms with Gasteiger partial charge in [-0.15, -0.1) is 0 Å². The first-order valence-corrected chi connectivity index (χ1v) is 3.73. The van der Waals surface area contributed by atoms with Crippen molar-refractivity contribution < 1.29 is 9.53 Å². The third-order valence-corrected chi connectivity index (χ3v) is 2.66. The second-order valence-electron chi connectivity index (χ2n) is 3.64. The van der Waals surface area contributed by atoms with Crippen LogP contribution >= 0.6 is 0 Å². The van der Waals surface area contributed by atoms with Crippen LogP contribution in [-0.4, -0.2) is 30.7 Å². The van der Waals surface area contributed by atoms with Crippen LogP contribution in [0.4, 0.5) is 0 Å². The van der Waals surface area contributed by atoms with E-state index in [4.69, 9.17) is 5.73 Å². The van der Waals surface area contributed by atoms with E-state index in [1.165, 1.54) is 7.11 Å². The van der Waals surface area contributed by atoms with E-state index in [0.29, 0.717) is 0 Å². The Hall–Kier alpha value is -0.610. The van der Waals surface area contributed by atoms with Crippen LogP contribution in [0, 0.1) is 0 Å². The molecule has 0 spiro atoms. The zero-order chi connectivity index (χ0) is 8.11. The van der Waals surface area contributed by atoms with Gasteiger partial charge >= 0.3 is 5.97 Å². The number of nitrogens with one attached hydrogen (secondary N) is 1. The fraction of sp³-hybridized carbons (Fsp3) is 0.857. The smallest absolute Gasteiger partial charge is 0.326 e. The van der Waals surface area contributed by atoms with E-state index in [0.717, 1.165) is 19.4 Å². The summed E-state index contributed by atoms with van der Waals surface area (Å²) in [6.45, 7) is 0.738. The van der Waals surface area contributed by atoms with E-state index in [9.17, 15) is 4.79 Å². The first-order chi connectivity index (χ1) is 5.10. The summed E-state index contributed by atoms with van der Waals surface area (Å²) < 4.78 is 4.66. The van der Waals surface area contributed by atoms with Crippen LogP contribution in [0.2, 0.25) is 0 Å². The molecule has 2 heterocycles. The quantitative estimate of drug-likeness (QED) is 0.478. The van der Waals surface area contributed by atoms with Crippen molar-refractivity contribution >= 4 is 5.97 Å². The van der Waals surface area contributed by atoms with Crippen LogP contribution in [0.1, 0.15) is 12.8 Å². The normalized spacial score (nSPS) is 46.7. The summed E-state index contributed by atoms with van der Waals surface area (Å²) in [5.74, 6) is -0.170. The van der Waals surface area contributed by atoms with Gasteiger partial charge in [0.2, 0.25) is 0 Å². The first-order valence-electron chi connectivity index (χ1n) is 3.73. The minimum atomic E-state index is -0.427. The molecule has 3 rings (SSSR count). The number of esters is 1. The number of carbonyl (C=O) groups is 1. The van der Waals surface area contributed by atoms with E-state index in [-0.39, 0.29) is 11.5 Å². The van der Waals surface area contributed by atoms with Crippen LogP contribution in [0.3, 0.4) is 0 Å². The molecule has 62 valence electrons. The third kappa shape index (κ3) is 0.736. The summed E-state index contributed by atoms with van der Waals surface area (Å²) in [7, 11) is 1.41. The number of carbonyl (C=O) groups excluding carboxylic acids is 1. The van der Waals surface area contributed by atoms with Gasteiger partial charge in [0.1, 0.15) is 5.54 Å². The SMILES string of the molecule is COC(=O)C12CC(N)(CN1)C2. The van der Waals surface area contributed by atoms with Gasteiger partial charge in [0.25, 0.3) is 0 Å². The average Bonchev–Trinajstić information content (AvgIpc) is 2.40. The van der Waals surface area contributed by atoms with Crippen molar-refractivity contribution in [1.29, 1.82) is 0 Å². The zero-order valence-electron chi connectivity index (χ0n) is 6.52. The van der Waals surface area contributed by atoms with Crippen molar-refractivity contribution in [3.63, 3.8) is 0 Å². The molecule has 0 radical (unpaired) electrons. The maximum Gasteiger partial charge on any atom is 0.326 e. The molecule has 11 heavy (non-hydrogen) atoms. The maximum absolute atomic E-state index is 11.2. The Morgan fingerprint density at radius 3 is 2.64 bits per heavy atom. The Morgan fingerprint density at radius 1 is 1.64 bits per heavy atom. The van der Waals surface area contributed by atoms with Gasteiger partial charge in [0, 0.05) is 12.1 Å². The summed E-state index contributed by atoms with van der Waals surface area (Å²) in [5, 5.41) is 3.10. The number of rotatable bonds is 1. The molecule has 0 aromatic heterocycles. The van der Waals surface area contributed by atoms with Crippen molar-refractivity contribution in [2.75, 3.05) is 13.7 Å². The molecule has 2 aliphatic heterocycles. The molecule has 2 saturated heterocycles. The van der Waals surface area contributed by atoms with Gasteiger partial charge < -0.3 is 10.5 Å². The molecule has 4 heteroatoms. The first kappa shape index (κ1) is 7.06. The molecule has 4 nitrogen and oxygen atoms in total. The molecular weight excluding hydrogens is 144 g/mol. The molecule has 0 aromatic carbocycles. The molecule has 1 aliphatic carbocycles. The van der Waals surface area contributed by atoms with Crippen molar-refractivity contribution in [2.24, 2.45) is 5.73 Å². The van der Waals surface area contributed by atoms with E-state index >= 15 is 0 Å². The third-order valence-electron chi connectivity index (χ3n) is 2.66. The van der Waals surface area contributed by atoms with Crippen LogP contribution in [0.15, 0.2) is 0 Å². The lowest BCUT2D eigenvalue weighted by molar-refractivity contribution is -0.151. The highest BCUT2D eigenvalue weighted by atomic mass is 16.5. The summed E-state index contributed by atoms with van der Waals surface area (Å²) in [6, 6.07) is 0. The number of nitrogens with two attached hydrogens (primary N) is 1. The van der Waals surface area contributed by atoms with Crippen molar-refractivity contribution in [2.45, 2.75) is 23.9 Å². The van der Waals surface area contributed by atoms with Crippen molar-refractivity contribution in [3.05, 3.63) is 0 Å². The van der Waals surface area contributed by atoms with Gasteiger partial charge in [-0.25, -0.2) is 0 Å². The van der Waals surface area contributed by atoms with E-state index < -0.39 is 5.54 Å². The summed E-state index contributed by atoms with van der Waals surface area (Å²) >= 11 is 0. The highest BCUT2D eigenvalue weighted by Crippen LogP contribution is 2.45. The van der Waals surface area contributed by atoms with Crippen LogP contribution in [0.5, 0.6) is 0 Å². The molecule has 1 saturated carbocycles. The Kier molecular flexibility index (Phi) is 1.13. The summed E-state index contributed by atoms with van der Waals surface area (Å²) in [5.41, 5.74) is 5.29. The molecule has 0 atom stereocenters. The monoisotopic (exact) mass is 156 g/mol.